The van der Waals surface area contributed by atoms with Crippen molar-refractivity contribution < 1.29 is 9.00 Å². The molecule has 0 unspecified atom stereocenters. The summed E-state index contributed by atoms with van der Waals surface area (Å²) in [5.74, 6) is -0.191. The van der Waals surface area contributed by atoms with Gasteiger partial charge in [0.25, 0.3) is 5.91 Å². The SMILES string of the molecule is Cc1cc(C)c([S@](=O)[C@H](c2ccccc2)[C@@H](NC(=O)c2ccccc2P(c2ccccc2)c2ccccc2)c2ccccc2)c(C)c1. The van der Waals surface area contributed by atoms with Gasteiger partial charge in [-0.3, -0.25) is 9.00 Å². The maximum Gasteiger partial charge on any atom is 0.252 e. The van der Waals surface area contributed by atoms with Crippen molar-refractivity contribution in [3.05, 3.63) is 191 Å². The van der Waals surface area contributed by atoms with Gasteiger partial charge in [0, 0.05) is 10.5 Å². The molecule has 5 heteroatoms. The number of nitrogens with one attached hydrogen (secondary N) is 1. The van der Waals surface area contributed by atoms with Crippen molar-refractivity contribution in [3.8, 4) is 0 Å². The molecule has 0 aliphatic heterocycles. The first-order valence-corrected chi connectivity index (χ1v) is 18.4. The lowest BCUT2D eigenvalue weighted by atomic mass is 9.97. The van der Waals surface area contributed by atoms with Gasteiger partial charge < -0.3 is 5.32 Å². The van der Waals surface area contributed by atoms with Gasteiger partial charge in [-0.05, 0) is 72.9 Å². The molecule has 6 rings (SSSR count). The lowest BCUT2D eigenvalue weighted by Crippen LogP contribution is -2.37. The highest BCUT2D eigenvalue weighted by atomic mass is 32.2. The Kier molecular flexibility index (Phi) is 10.2. The molecule has 0 spiro atoms. The summed E-state index contributed by atoms with van der Waals surface area (Å²) in [6, 6.07) is 52.2. The largest absolute Gasteiger partial charge is 0.344 e. The van der Waals surface area contributed by atoms with Crippen LogP contribution in [-0.4, -0.2) is 10.1 Å². The molecule has 3 atom stereocenters. The smallest absolute Gasteiger partial charge is 0.252 e. The van der Waals surface area contributed by atoms with E-state index < -0.39 is 30.0 Å². The first-order valence-electron chi connectivity index (χ1n) is 15.8. The molecular formula is C42H38NO2PS. The van der Waals surface area contributed by atoms with Crippen LogP contribution in [0.1, 0.15) is 49.5 Å². The van der Waals surface area contributed by atoms with Crippen molar-refractivity contribution in [2.75, 3.05) is 0 Å². The third kappa shape index (κ3) is 7.20. The molecule has 0 bridgehead atoms. The van der Waals surface area contributed by atoms with E-state index >= 15 is 0 Å². The summed E-state index contributed by atoms with van der Waals surface area (Å²) >= 11 is 0. The molecule has 0 radical (unpaired) electrons. The summed E-state index contributed by atoms with van der Waals surface area (Å²) in [6.07, 6.45) is 0. The zero-order valence-corrected chi connectivity index (χ0v) is 28.5. The Hall–Kier alpha value is -4.63. The molecule has 0 aliphatic rings. The van der Waals surface area contributed by atoms with Gasteiger partial charge in [0.2, 0.25) is 0 Å². The lowest BCUT2D eigenvalue weighted by molar-refractivity contribution is 0.0937. The summed E-state index contributed by atoms with van der Waals surface area (Å²) < 4.78 is 14.9. The van der Waals surface area contributed by atoms with E-state index in [4.69, 9.17) is 0 Å². The van der Waals surface area contributed by atoms with Crippen LogP contribution in [0.2, 0.25) is 0 Å². The van der Waals surface area contributed by atoms with Crippen LogP contribution in [0.25, 0.3) is 0 Å². The third-order valence-corrected chi connectivity index (χ3v) is 12.9. The number of aryl methyl sites for hydroxylation is 3. The predicted molar refractivity (Wildman–Crippen MR) is 198 cm³/mol. The fourth-order valence-electron chi connectivity index (χ4n) is 6.35. The normalized spacial score (nSPS) is 13.1. The van der Waals surface area contributed by atoms with Crippen LogP contribution >= 0.6 is 7.92 Å². The highest BCUT2D eigenvalue weighted by Crippen LogP contribution is 2.40. The van der Waals surface area contributed by atoms with Gasteiger partial charge >= 0.3 is 0 Å². The molecule has 1 N–H and O–H groups in total. The molecular weight excluding hydrogens is 614 g/mol. The molecule has 0 aromatic heterocycles. The number of amides is 1. The molecule has 0 fully saturated rings. The van der Waals surface area contributed by atoms with Gasteiger partial charge in [-0.2, -0.15) is 0 Å². The lowest BCUT2D eigenvalue weighted by Gasteiger charge is -2.30. The fourth-order valence-corrected chi connectivity index (χ4v) is 10.7. The van der Waals surface area contributed by atoms with E-state index in [2.05, 4.69) is 79.0 Å². The second-order valence-electron chi connectivity index (χ2n) is 11.7. The quantitative estimate of drug-likeness (QED) is 0.151. The van der Waals surface area contributed by atoms with Gasteiger partial charge in [-0.25, -0.2) is 0 Å². The Bertz CT molecular complexity index is 1920. The highest BCUT2D eigenvalue weighted by Gasteiger charge is 2.34. The van der Waals surface area contributed by atoms with Crippen LogP contribution in [0, 0.1) is 20.8 Å². The Morgan fingerprint density at radius 2 is 1.04 bits per heavy atom. The minimum Gasteiger partial charge on any atom is -0.344 e. The number of hydrogen-bond acceptors (Lipinski definition) is 2. The zero-order chi connectivity index (χ0) is 32.8. The molecule has 3 nitrogen and oxygen atoms in total. The molecule has 0 saturated heterocycles. The molecule has 0 heterocycles. The van der Waals surface area contributed by atoms with Crippen LogP contribution < -0.4 is 21.2 Å². The first-order chi connectivity index (χ1) is 22.9. The van der Waals surface area contributed by atoms with Gasteiger partial charge in [0.15, 0.2) is 0 Å². The molecule has 47 heavy (non-hydrogen) atoms. The summed E-state index contributed by atoms with van der Waals surface area (Å²) in [5.41, 5.74) is 5.53. The van der Waals surface area contributed by atoms with Crippen LogP contribution in [-0.2, 0) is 10.8 Å². The van der Waals surface area contributed by atoms with Crippen molar-refractivity contribution in [3.63, 3.8) is 0 Å². The van der Waals surface area contributed by atoms with E-state index in [1.54, 1.807) is 0 Å². The van der Waals surface area contributed by atoms with Crippen molar-refractivity contribution >= 4 is 40.5 Å². The molecule has 6 aromatic rings. The monoisotopic (exact) mass is 651 g/mol. The van der Waals surface area contributed by atoms with E-state index in [0.29, 0.717) is 5.56 Å². The number of rotatable bonds is 10. The molecule has 234 valence electrons. The Morgan fingerprint density at radius 3 is 1.57 bits per heavy atom. The Morgan fingerprint density at radius 1 is 0.596 bits per heavy atom. The summed E-state index contributed by atoms with van der Waals surface area (Å²) in [7, 11) is -2.51. The number of carbonyl (C=O) groups is 1. The third-order valence-electron chi connectivity index (χ3n) is 8.33. The van der Waals surface area contributed by atoms with Crippen molar-refractivity contribution in [2.24, 2.45) is 0 Å². The summed E-state index contributed by atoms with van der Waals surface area (Å²) in [5, 5.41) is 6.20. The summed E-state index contributed by atoms with van der Waals surface area (Å²) in [4.78, 5) is 15.5. The van der Waals surface area contributed by atoms with Crippen LogP contribution in [0.4, 0.5) is 0 Å². The Labute approximate surface area is 281 Å². The van der Waals surface area contributed by atoms with Gasteiger partial charge in [-0.1, -0.05) is 157 Å². The standard InChI is InChI=1S/C42H38NO2PS/c1-30-28-31(2)40(32(3)29-30)47(45)41(34-20-10-5-11-21-34)39(33-18-8-4-9-19-33)43-42(44)37-26-16-17-27-38(37)46(35-22-12-6-13-23-35)36-24-14-7-15-25-36/h4-29,39,41H,1-3H3,(H,43,44)/t39-,41+,47-/m0/s1. The van der Waals surface area contributed by atoms with E-state index in [1.165, 1.54) is 10.6 Å². The highest BCUT2D eigenvalue weighted by molar-refractivity contribution is 7.85. The fraction of sp³-hybridized carbons (Fsp3) is 0.119. The topological polar surface area (TPSA) is 46.2 Å². The van der Waals surface area contributed by atoms with Gasteiger partial charge in [0.05, 0.1) is 22.1 Å². The van der Waals surface area contributed by atoms with Crippen LogP contribution in [0.15, 0.2) is 163 Å². The number of hydrogen-bond donors (Lipinski definition) is 1. The van der Waals surface area contributed by atoms with Crippen molar-refractivity contribution in [1.82, 2.24) is 5.32 Å². The molecule has 1 amide bonds. The molecule has 0 aliphatic carbocycles. The maximum atomic E-state index is 14.9. The van der Waals surface area contributed by atoms with Crippen molar-refractivity contribution in [1.29, 1.82) is 0 Å². The van der Waals surface area contributed by atoms with E-state index in [1.807, 2.05) is 105 Å². The minimum atomic E-state index is -1.49. The van der Waals surface area contributed by atoms with Gasteiger partial charge in [-0.15, -0.1) is 0 Å². The second kappa shape index (κ2) is 14.9. The van der Waals surface area contributed by atoms with Gasteiger partial charge in [0.1, 0.15) is 0 Å². The second-order valence-corrected chi connectivity index (χ2v) is 15.4. The zero-order valence-electron chi connectivity index (χ0n) is 26.8. The molecule has 0 saturated carbocycles. The predicted octanol–water partition coefficient (Wildman–Crippen LogP) is 8.39. The average molecular weight is 652 g/mol. The van der Waals surface area contributed by atoms with Crippen LogP contribution in [0.5, 0.6) is 0 Å². The minimum absolute atomic E-state index is 0.191. The molecule has 6 aromatic carbocycles. The Balaban J connectivity index is 1.48. The van der Waals surface area contributed by atoms with E-state index in [9.17, 15) is 9.00 Å². The average Bonchev–Trinajstić information content (AvgIpc) is 3.10. The maximum absolute atomic E-state index is 14.9. The van der Waals surface area contributed by atoms with Crippen LogP contribution in [0.3, 0.4) is 0 Å². The first kappa shape index (κ1) is 32.3. The summed E-state index contributed by atoms with van der Waals surface area (Å²) in [6.45, 7) is 6.11. The number of benzene rings is 6. The van der Waals surface area contributed by atoms with E-state index in [-0.39, 0.29) is 5.91 Å². The number of carbonyl (C=O) groups excluding carboxylic acids is 1. The van der Waals surface area contributed by atoms with E-state index in [0.717, 1.165) is 38.0 Å². The van der Waals surface area contributed by atoms with Crippen molar-refractivity contribution in [2.45, 2.75) is 37.0 Å².